The minimum absolute atomic E-state index is 0.0212. The van der Waals surface area contributed by atoms with Crippen LogP contribution in [0.15, 0.2) is 0 Å². The summed E-state index contributed by atoms with van der Waals surface area (Å²) in [5.41, 5.74) is 5.70. The van der Waals surface area contributed by atoms with Crippen LogP contribution in [0.1, 0.15) is 19.8 Å². The smallest absolute Gasteiger partial charge is 0.224 e. The van der Waals surface area contributed by atoms with Gasteiger partial charge in [0.15, 0.2) is 6.10 Å². The maximum atomic E-state index is 11.7. The summed E-state index contributed by atoms with van der Waals surface area (Å²) in [6, 6.07) is 1.93. The first-order valence-corrected chi connectivity index (χ1v) is 5.22. The Hall–Kier alpha value is -1.12. The first-order chi connectivity index (χ1) is 7.17. The molecule has 0 bridgehead atoms. The molecule has 0 aromatic heterocycles. The lowest BCUT2D eigenvalue weighted by molar-refractivity contribution is -0.137. The van der Waals surface area contributed by atoms with E-state index in [-0.39, 0.29) is 11.9 Å². The van der Waals surface area contributed by atoms with Crippen LogP contribution in [0.5, 0.6) is 0 Å². The number of nitrogens with two attached hydrogens (primary N) is 1. The number of nitrogens with zero attached hydrogens (tertiary/aromatic N) is 2. The van der Waals surface area contributed by atoms with E-state index in [0.717, 1.165) is 6.42 Å². The van der Waals surface area contributed by atoms with Gasteiger partial charge in [0.25, 0.3) is 0 Å². The lowest BCUT2D eigenvalue weighted by atomic mass is 10.1. The van der Waals surface area contributed by atoms with E-state index in [0.29, 0.717) is 26.1 Å². The molecule has 5 heteroatoms. The van der Waals surface area contributed by atoms with Crippen LogP contribution in [0, 0.1) is 11.3 Å². The van der Waals surface area contributed by atoms with E-state index < -0.39 is 6.10 Å². The van der Waals surface area contributed by atoms with E-state index in [1.165, 1.54) is 0 Å². The molecule has 0 aromatic carbocycles. The fourth-order valence-corrected chi connectivity index (χ4v) is 1.45. The number of hydrogen-bond donors (Lipinski definition) is 1. The maximum Gasteiger partial charge on any atom is 0.224 e. The van der Waals surface area contributed by atoms with Crippen molar-refractivity contribution in [3.63, 3.8) is 0 Å². The van der Waals surface area contributed by atoms with Gasteiger partial charge in [-0.1, -0.05) is 6.92 Å². The number of nitriles is 1. The lowest BCUT2D eigenvalue weighted by Gasteiger charge is -2.30. The molecule has 1 aliphatic rings. The number of carbonyl (C=O) groups is 1. The molecule has 1 heterocycles. The van der Waals surface area contributed by atoms with Gasteiger partial charge < -0.3 is 15.4 Å². The normalized spacial score (nSPS) is 23.3. The van der Waals surface area contributed by atoms with Crippen LogP contribution in [0.25, 0.3) is 0 Å². The molecule has 2 atom stereocenters. The first-order valence-electron chi connectivity index (χ1n) is 5.22. The van der Waals surface area contributed by atoms with Gasteiger partial charge in [0.1, 0.15) is 0 Å². The van der Waals surface area contributed by atoms with Gasteiger partial charge >= 0.3 is 0 Å². The number of carbonyl (C=O) groups excluding carboxylic acids is 1. The van der Waals surface area contributed by atoms with Gasteiger partial charge in [0.05, 0.1) is 19.2 Å². The Morgan fingerprint density at radius 2 is 2.53 bits per heavy atom. The Morgan fingerprint density at radius 1 is 1.80 bits per heavy atom. The Morgan fingerprint density at radius 3 is 3.13 bits per heavy atom. The fourth-order valence-electron chi connectivity index (χ4n) is 1.45. The summed E-state index contributed by atoms with van der Waals surface area (Å²) in [6.45, 7) is 3.32. The number of rotatable bonds is 3. The van der Waals surface area contributed by atoms with Gasteiger partial charge in [-0.3, -0.25) is 4.79 Å². The molecule has 1 amide bonds. The average Bonchev–Trinajstić information content (AvgIpc) is 2.28. The summed E-state index contributed by atoms with van der Waals surface area (Å²) in [6.07, 6.45) is 0.660. The highest BCUT2D eigenvalue weighted by molar-refractivity contribution is 5.77. The van der Waals surface area contributed by atoms with Gasteiger partial charge in [0.2, 0.25) is 5.91 Å². The van der Waals surface area contributed by atoms with Gasteiger partial charge in [-0.05, 0) is 6.42 Å². The SMILES string of the molecule is CCC(N)CC(=O)N1CCOC(C#N)C1. The number of morpholine rings is 1. The number of ether oxygens (including phenoxy) is 1. The molecule has 15 heavy (non-hydrogen) atoms. The summed E-state index contributed by atoms with van der Waals surface area (Å²) in [5, 5.41) is 8.68. The molecule has 0 aliphatic carbocycles. The van der Waals surface area contributed by atoms with Crippen LogP contribution in [0.2, 0.25) is 0 Å². The minimum atomic E-state index is -0.486. The summed E-state index contributed by atoms with van der Waals surface area (Å²) in [7, 11) is 0. The van der Waals surface area contributed by atoms with E-state index in [4.69, 9.17) is 15.7 Å². The highest BCUT2D eigenvalue weighted by atomic mass is 16.5. The van der Waals surface area contributed by atoms with E-state index in [1.54, 1.807) is 4.90 Å². The van der Waals surface area contributed by atoms with E-state index in [2.05, 4.69) is 0 Å². The average molecular weight is 211 g/mol. The molecule has 1 rings (SSSR count). The molecule has 1 aliphatic heterocycles. The Kier molecular flexibility index (Phi) is 4.53. The molecule has 0 radical (unpaired) electrons. The quantitative estimate of drug-likeness (QED) is 0.705. The van der Waals surface area contributed by atoms with Crippen molar-refractivity contribution in [1.82, 2.24) is 4.90 Å². The summed E-state index contributed by atoms with van der Waals surface area (Å²) in [4.78, 5) is 13.4. The second kappa shape index (κ2) is 5.69. The summed E-state index contributed by atoms with van der Waals surface area (Å²) >= 11 is 0. The zero-order valence-electron chi connectivity index (χ0n) is 8.98. The predicted molar refractivity (Wildman–Crippen MR) is 54.8 cm³/mol. The molecule has 2 unspecified atom stereocenters. The molecule has 1 saturated heterocycles. The molecule has 0 saturated carbocycles. The molecule has 0 spiro atoms. The van der Waals surface area contributed by atoms with Crippen molar-refractivity contribution in [2.45, 2.75) is 31.9 Å². The van der Waals surface area contributed by atoms with Crippen molar-refractivity contribution < 1.29 is 9.53 Å². The summed E-state index contributed by atoms with van der Waals surface area (Å²) < 4.78 is 5.15. The number of hydrogen-bond acceptors (Lipinski definition) is 4. The van der Waals surface area contributed by atoms with Crippen LogP contribution >= 0.6 is 0 Å². The van der Waals surface area contributed by atoms with E-state index in [9.17, 15) is 4.79 Å². The van der Waals surface area contributed by atoms with Crippen molar-refractivity contribution in [2.75, 3.05) is 19.7 Å². The van der Waals surface area contributed by atoms with Crippen LogP contribution in [-0.4, -0.2) is 42.6 Å². The molecule has 5 nitrogen and oxygen atoms in total. The largest absolute Gasteiger partial charge is 0.360 e. The number of amides is 1. The second-order valence-electron chi connectivity index (χ2n) is 3.70. The van der Waals surface area contributed by atoms with Crippen LogP contribution < -0.4 is 5.73 Å². The maximum absolute atomic E-state index is 11.7. The van der Waals surface area contributed by atoms with Gasteiger partial charge in [-0.25, -0.2) is 0 Å². The third-order valence-electron chi connectivity index (χ3n) is 2.52. The van der Waals surface area contributed by atoms with Gasteiger partial charge in [0, 0.05) is 19.0 Å². The van der Waals surface area contributed by atoms with Crippen LogP contribution in [0.3, 0.4) is 0 Å². The fraction of sp³-hybridized carbons (Fsp3) is 0.800. The molecular formula is C10H17N3O2. The molecule has 0 aromatic rings. The van der Waals surface area contributed by atoms with Gasteiger partial charge in [-0.15, -0.1) is 0 Å². The van der Waals surface area contributed by atoms with E-state index >= 15 is 0 Å². The Bertz CT molecular complexity index is 262. The topological polar surface area (TPSA) is 79.3 Å². The third kappa shape index (κ3) is 3.50. The van der Waals surface area contributed by atoms with Crippen molar-refractivity contribution in [1.29, 1.82) is 5.26 Å². The molecular weight excluding hydrogens is 194 g/mol. The molecule has 1 fully saturated rings. The molecule has 84 valence electrons. The van der Waals surface area contributed by atoms with Crippen LogP contribution in [0.4, 0.5) is 0 Å². The van der Waals surface area contributed by atoms with Crippen molar-refractivity contribution in [2.24, 2.45) is 5.73 Å². The second-order valence-corrected chi connectivity index (χ2v) is 3.70. The Balaban J connectivity index is 2.42. The molecule has 2 N–H and O–H groups in total. The minimum Gasteiger partial charge on any atom is -0.360 e. The van der Waals surface area contributed by atoms with Gasteiger partial charge in [-0.2, -0.15) is 5.26 Å². The van der Waals surface area contributed by atoms with Crippen molar-refractivity contribution in [3.05, 3.63) is 0 Å². The Labute approximate surface area is 89.8 Å². The van der Waals surface area contributed by atoms with Crippen LogP contribution in [-0.2, 0) is 9.53 Å². The van der Waals surface area contributed by atoms with Crippen molar-refractivity contribution >= 4 is 5.91 Å². The third-order valence-corrected chi connectivity index (χ3v) is 2.52. The van der Waals surface area contributed by atoms with Crippen molar-refractivity contribution in [3.8, 4) is 6.07 Å². The zero-order chi connectivity index (χ0) is 11.3. The highest BCUT2D eigenvalue weighted by Gasteiger charge is 2.24. The lowest BCUT2D eigenvalue weighted by Crippen LogP contribution is -2.46. The summed E-state index contributed by atoms with van der Waals surface area (Å²) in [5.74, 6) is 0.0212. The highest BCUT2D eigenvalue weighted by Crippen LogP contribution is 2.07. The monoisotopic (exact) mass is 211 g/mol. The first kappa shape index (κ1) is 12.0. The zero-order valence-corrected chi connectivity index (χ0v) is 8.98. The standard InChI is InChI=1S/C10H17N3O2/c1-2-8(12)5-10(14)13-3-4-15-9(6-11)7-13/h8-9H,2-5,7,12H2,1H3. The predicted octanol–water partition coefficient (Wildman–Crippen LogP) is -0.135. The van der Waals surface area contributed by atoms with E-state index in [1.807, 2.05) is 13.0 Å².